The molecule has 4 heteroatoms. The summed E-state index contributed by atoms with van der Waals surface area (Å²) in [5.41, 5.74) is 0.711. The van der Waals surface area contributed by atoms with Crippen LogP contribution in [-0.2, 0) is 0 Å². The quantitative estimate of drug-likeness (QED) is 0.783. The lowest BCUT2D eigenvalue weighted by molar-refractivity contribution is 0.0892. The van der Waals surface area contributed by atoms with E-state index in [4.69, 9.17) is 9.47 Å². The lowest BCUT2D eigenvalue weighted by atomic mass is 9.99. The number of carbonyl (C=O) groups excluding carboxylic acids is 1. The van der Waals surface area contributed by atoms with Gasteiger partial charge in [0.2, 0.25) is 6.79 Å². The van der Waals surface area contributed by atoms with Crippen LogP contribution in [0.4, 0.5) is 0 Å². The van der Waals surface area contributed by atoms with Crippen LogP contribution >= 0.6 is 0 Å². The van der Waals surface area contributed by atoms with E-state index in [1.807, 2.05) is 12.1 Å². The van der Waals surface area contributed by atoms with E-state index >= 15 is 0 Å². The van der Waals surface area contributed by atoms with E-state index < -0.39 is 0 Å². The average Bonchev–Trinajstić information content (AvgIpc) is 2.85. The summed E-state index contributed by atoms with van der Waals surface area (Å²) >= 11 is 0. The zero-order valence-corrected chi connectivity index (χ0v) is 11.2. The van der Waals surface area contributed by atoms with E-state index in [0.29, 0.717) is 23.8 Å². The molecule has 0 aliphatic carbocycles. The molecule has 102 valence electrons. The van der Waals surface area contributed by atoms with Crippen molar-refractivity contribution in [2.45, 2.75) is 19.8 Å². The van der Waals surface area contributed by atoms with E-state index in [1.165, 1.54) is 12.8 Å². The van der Waals surface area contributed by atoms with Gasteiger partial charge in [-0.2, -0.15) is 0 Å². The third kappa shape index (κ3) is 2.73. The van der Waals surface area contributed by atoms with E-state index in [-0.39, 0.29) is 12.6 Å². The maximum Gasteiger partial charge on any atom is 0.231 e. The second kappa shape index (κ2) is 5.21. The van der Waals surface area contributed by atoms with Crippen molar-refractivity contribution in [1.29, 1.82) is 0 Å². The van der Waals surface area contributed by atoms with Crippen LogP contribution in [0.3, 0.4) is 0 Å². The second-order valence-corrected chi connectivity index (χ2v) is 5.47. The van der Waals surface area contributed by atoms with Gasteiger partial charge < -0.3 is 9.47 Å². The van der Waals surface area contributed by atoms with Crippen molar-refractivity contribution in [3.63, 3.8) is 0 Å². The first-order chi connectivity index (χ1) is 9.22. The Morgan fingerprint density at radius 2 is 2.21 bits per heavy atom. The number of benzene rings is 1. The van der Waals surface area contributed by atoms with Gasteiger partial charge in [0.25, 0.3) is 0 Å². The highest BCUT2D eigenvalue weighted by atomic mass is 16.7. The number of ether oxygens (including phenoxy) is 2. The number of nitrogens with zero attached hydrogens (tertiary/aromatic N) is 1. The molecule has 0 aromatic heterocycles. The third-order valence-corrected chi connectivity index (χ3v) is 3.80. The van der Waals surface area contributed by atoms with Gasteiger partial charge >= 0.3 is 0 Å². The number of likely N-dealkylation sites (tertiary alicyclic amines) is 1. The SMILES string of the molecule is CC1CCCN(CC(=O)c2ccc3c(c2)OCO3)C1. The molecule has 0 bridgehead atoms. The first kappa shape index (κ1) is 12.5. The number of hydrogen-bond acceptors (Lipinski definition) is 4. The van der Waals surface area contributed by atoms with Crippen molar-refractivity contribution in [2.24, 2.45) is 5.92 Å². The highest BCUT2D eigenvalue weighted by Crippen LogP contribution is 2.32. The van der Waals surface area contributed by atoms with E-state index in [1.54, 1.807) is 6.07 Å². The predicted molar refractivity (Wildman–Crippen MR) is 71.7 cm³/mol. The molecule has 0 radical (unpaired) electrons. The Balaban J connectivity index is 1.67. The summed E-state index contributed by atoms with van der Waals surface area (Å²) in [5.74, 6) is 2.26. The zero-order chi connectivity index (χ0) is 13.2. The van der Waals surface area contributed by atoms with Crippen molar-refractivity contribution in [2.75, 3.05) is 26.4 Å². The van der Waals surface area contributed by atoms with Crippen LogP contribution in [0.25, 0.3) is 0 Å². The summed E-state index contributed by atoms with van der Waals surface area (Å²) in [4.78, 5) is 14.5. The second-order valence-electron chi connectivity index (χ2n) is 5.47. The number of carbonyl (C=O) groups is 1. The minimum Gasteiger partial charge on any atom is -0.454 e. The molecule has 1 aromatic carbocycles. The van der Waals surface area contributed by atoms with Crippen molar-refractivity contribution in [3.05, 3.63) is 23.8 Å². The summed E-state index contributed by atoms with van der Waals surface area (Å²) in [6.45, 7) is 5.05. The van der Waals surface area contributed by atoms with Gasteiger partial charge in [0.15, 0.2) is 17.3 Å². The molecule has 2 aliphatic heterocycles. The standard InChI is InChI=1S/C15H19NO3/c1-11-3-2-6-16(8-11)9-13(17)12-4-5-14-15(7-12)19-10-18-14/h4-5,7,11H,2-3,6,8-10H2,1H3. The Morgan fingerprint density at radius 3 is 3.05 bits per heavy atom. The molecule has 0 saturated carbocycles. The third-order valence-electron chi connectivity index (χ3n) is 3.80. The first-order valence-corrected chi connectivity index (χ1v) is 6.87. The summed E-state index contributed by atoms with van der Waals surface area (Å²) in [6.07, 6.45) is 2.46. The molecular formula is C15H19NO3. The summed E-state index contributed by atoms with van der Waals surface area (Å²) in [7, 11) is 0. The Labute approximate surface area is 113 Å². The number of rotatable bonds is 3. The number of hydrogen-bond donors (Lipinski definition) is 0. The minimum atomic E-state index is 0.160. The van der Waals surface area contributed by atoms with E-state index in [2.05, 4.69) is 11.8 Å². The zero-order valence-electron chi connectivity index (χ0n) is 11.2. The molecule has 1 saturated heterocycles. The number of fused-ring (bicyclic) bond motifs is 1. The van der Waals surface area contributed by atoms with Crippen molar-refractivity contribution < 1.29 is 14.3 Å². The van der Waals surface area contributed by atoms with Crippen LogP contribution in [0.2, 0.25) is 0 Å². The molecular weight excluding hydrogens is 242 g/mol. The Kier molecular flexibility index (Phi) is 3.42. The van der Waals surface area contributed by atoms with Crippen molar-refractivity contribution in [3.8, 4) is 11.5 Å². The number of Topliss-reactive ketones (excluding diaryl/α,β-unsaturated/α-hetero) is 1. The molecule has 19 heavy (non-hydrogen) atoms. The summed E-state index contributed by atoms with van der Waals surface area (Å²) in [6, 6.07) is 5.43. The van der Waals surface area contributed by atoms with Crippen LogP contribution in [-0.4, -0.2) is 37.1 Å². The van der Waals surface area contributed by atoms with Crippen LogP contribution < -0.4 is 9.47 Å². The molecule has 1 fully saturated rings. The molecule has 2 aliphatic rings. The molecule has 0 amide bonds. The lowest BCUT2D eigenvalue weighted by Crippen LogP contribution is -2.37. The van der Waals surface area contributed by atoms with Crippen molar-refractivity contribution >= 4 is 5.78 Å². The highest BCUT2D eigenvalue weighted by molar-refractivity contribution is 5.98. The van der Waals surface area contributed by atoms with Crippen molar-refractivity contribution in [1.82, 2.24) is 4.90 Å². The van der Waals surface area contributed by atoms with Crippen LogP contribution in [0, 0.1) is 5.92 Å². The Morgan fingerprint density at radius 1 is 1.37 bits per heavy atom. The highest BCUT2D eigenvalue weighted by Gasteiger charge is 2.21. The van der Waals surface area contributed by atoms with E-state index in [9.17, 15) is 4.79 Å². The molecule has 1 unspecified atom stereocenters. The largest absolute Gasteiger partial charge is 0.454 e. The van der Waals surface area contributed by atoms with Gasteiger partial charge in [0.1, 0.15) is 0 Å². The maximum absolute atomic E-state index is 12.3. The van der Waals surface area contributed by atoms with Gasteiger partial charge in [-0.1, -0.05) is 6.92 Å². The fourth-order valence-electron chi connectivity index (χ4n) is 2.79. The molecule has 3 rings (SSSR count). The van der Waals surface area contributed by atoms with Gasteiger partial charge in [-0.05, 0) is 43.5 Å². The molecule has 0 spiro atoms. The van der Waals surface area contributed by atoms with E-state index in [0.717, 1.165) is 18.8 Å². The predicted octanol–water partition coefficient (Wildman–Crippen LogP) is 2.33. The average molecular weight is 261 g/mol. The fraction of sp³-hybridized carbons (Fsp3) is 0.533. The molecule has 0 N–H and O–H groups in total. The van der Waals surface area contributed by atoms with Gasteiger partial charge in [0.05, 0.1) is 6.54 Å². The van der Waals surface area contributed by atoms with Gasteiger partial charge in [-0.15, -0.1) is 0 Å². The summed E-state index contributed by atoms with van der Waals surface area (Å²) in [5, 5.41) is 0. The Hall–Kier alpha value is -1.55. The molecule has 1 aromatic rings. The lowest BCUT2D eigenvalue weighted by Gasteiger charge is -2.30. The van der Waals surface area contributed by atoms with Gasteiger partial charge in [-0.25, -0.2) is 0 Å². The van der Waals surface area contributed by atoms with Gasteiger partial charge in [0, 0.05) is 12.1 Å². The number of piperidine rings is 1. The number of ketones is 1. The Bertz CT molecular complexity index is 486. The van der Waals surface area contributed by atoms with Crippen LogP contribution in [0.1, 0.15) is 30.1 Å². The molecule has 1 atom stereocenters. The van der Waals surface area contributed by atoms with Crippen LogP contribution in [0.15, 0.2) is 18.2 Å². The fourth-order valence-corrected chi connectivity index (χ4v) is 2.79. The smallest absolute Gasteiger partial charge is 0.231 e. The first-order valence-electron chi connectivity index (χ1n) is 6.87. The minimum absolute atomic E-state index is 0.160. The summed E-state index contributed by atoms with van der Waals surface area (Å²) < 4.78 is 10.6. The molecule has 4 nitrogen and oxygen atoms in total. The monoisotopic (exact) mass is 261 g/mol. The normalized spacial score (nSPS) is 22.5. The van der Waals surface area contributed by atoms with Crippen LogP contribution in [0.5, 0.6) is 11.5 Å². The topological polar surface area (TPSA) is 38.8 Å². The maximum atomic E-state index is 12.3. The van der Waals surface area contributed by atoms with Gasteiger partial charge in [-0.3, -0.25) is 9.69 Å². The molecule has 2 heterocycles.